The van der Waals surface area contributed by atoms with Crippen molar-refractivity contribution in [3.8, 4) is 17.0 Å². The minimum Gasteiger partial charge on any atom is -0.494 e. The highest BCUT2D eigenvalue weighted by Gasteiger charge is 2.30. The summed E-state index contributed by atoms with van der Waals surface area (Å²) >= 11 is 0. The van der Waals surface area contributed by atoms with Crippen LogP contribution in [0.5, 0.6) is 5.75 Å². The Bertz CT molecular complexity index is 1680. The molecule has 0 amide bonds. The van der Waals surface area contributed by atoms with Gasteiger partial charge in [0.25, 0.3) is 0 Å². The number of likely N-dealkylation sites (tertiary alicyclic amines) is 1. The van der Waals surface area contributed by atoms with Gasteiger partial charge in [-0.3, -0.25) is 9.21 Å². The summed E-state index contributed by atoms with van der Waals surface area (Å²) in [6, 6.07) is 17.8. The van der Waals surface area contributed by atoms with Crippen LogP contribution in [-0.2, 0) is 10.0 Å². The van der Waals surface area contributed by atoms with Gasteiger partial charge < -0.3 is 20.1 Å². The number of nitrogens with zero attached hydrogens (tertiary/aromatic N) is 6. The third kappa shape index (κ3) is 5.61. The number of aliphatic hydroxyl groups excluding tert-OH is 1. The van der Waals surface area contributed by atoms with Gasteiger partial charge in [-0.2, -0.15) is 0 Å². The van der Waals surface area contributed by atoms with Crippen molar-refractivity contribution >= 4 is 38.6 Å². The van der Waals surface area contributed by atoms with Crippen molar-refractivity contribution in [1.29, 1.82) is 0 Å². The molecule has 2 saturated heterocycles. The Balaban J connectivity index is 1.22. The molecule has 2 aliphatic rings. The minimum absolute atomic E-state index is 0.182. The number of aliphatic hydroxyl groups is 1. The first-order valence-electron chi connectivity index (χ1n) is 14.2. The standard InChI is InChI=1S/C30H37N7O4S/c1-34(42(3,39)40)27-7-5-4-6-25(27)28-11-9-23-19-31-30(33-37(23)28)32-26-10-8-22(18-29(26)41-2)35-15-12-21(13-16-35)36-17-14-24(38)20-36/h4-11,18-19,21,24,38H,12-17,20H2,1-3H3,(H,32,33). The Morgan fingerprint density at radius 3 is 2.55 bits per heavy atom. The van der Waals surface area contributed by atoms with Crippen molar-refractivity contribution in [2.45, 2.75) is 31.4 Å². The van der Waals surface area contributed by atoms with E-state index in [0.717, 1.165) is 73.6 Å². The number of methoxy groups -OCH3 is 1. The van der Waals surface area contributed by atoms with Crippen molar-refractivity contribution in [3.05, 3.63) is 60.8 Å². The van der Waals surface area contributed by atoms with Gasteiger partial charge >= 0.3 is 0 Å². The summed E-state index contributed by atoms with van der Waals surface area (Å²) in [6.07, 6.45) is 5.76. The number of hydrogen-bond donors (Lipinski definition) is 2. The second-order valence-corrected chi connectivity index (χ2v) is 13.1. The van der Waals surface area contributed by atoms with Crippen LogP contribution in [0.1, 0.15) is 19.3 Å². The van der Waals surface area contributed by atoms with Crippen LogP contribution in [0.15, 0.2) is 60.8 Å². The summed E-state index contributed by atoms with van der Waals surface area (Å²) < 4.78 is 33.4. The Hall–Kier alpha value is -3.87. The Labute approximate surface area is 246 Å². The van der Waals surface area contributed by atoms with Crippen molar-refractivity contribution in [2.75, 3.05) is 61.1 Å². The fraction of sp³-hybridized carbons (Fsp3) is 0.400. The van der Waals surface area contributed by atoms with Gasteiger partial charge in [0.15, 0.2) is 0 Å². The number of anilines is 4. The van der Waals surface area contributed by atoms with Gasteiger partial charge in [-0.25, -0.2) is 17.9 Å². The van der Waals surface area contributed by atoms with E-state index in [2.05, 4.69) is 26.2 Å². The van der Waals surface area contributed by atoms with Crippen LogP contribution in [0.2, 0.25) is 0 Å². The molecule has 2 aliphatic heterocycles. The molecule has 42 heavy (non-hydrogen) atoms. The lowest BCUT2D eigenvalue weighted by Gasteiger charge is -2.38. The number of aromatic nitrogens is 3. The molecule has 12 heteroatoms. The number of benzene rings is 2. The van der Waals surface area contributed by atoms with Crippen LogP contribution in [0.3, 0.4) is 0 Å². The van der Waals surface area contributed by atoms with Crippen molar-refractivity contribution < 1.29 is 18.3 Å². The molecule has 4 aromatic rings. The number of sulfonamides is 1. The smallest absolute Gasteiger partial charge is 0.245 e. The first-order valence-corrected chi connectivity index (χ1v) is 16.1. The van der Waals surface area contributed by atoms with E-state index in [-0.39, 0.29) is 6.10 Å². The summed E-state index contributed by atoms with van der Waals surface area (Å²) in [5, 5.41) is 18.0. The van der Waals surface area contributed by atoms with Crippen LogP contribution < -0.4 is 19.3 Å². The van der Waals surface area contributed by atoms with Crippen LogP contribution in [0.25, 0.3) is 16.8 Å². The van der Waals surface area contributed by atoms with Gasteiger partial charge in [0.1, 0.15) is 5.75 Å². The first-order chi connectivity index (χ1) is 20.2. The van der Waals surface area contributed by atoms with Crippen LogP contribution in [-0.4, -0.2) is 91.8 Å². The number of fused-ring (bicyclic) bond motifs is 1. The average molecular weight is 592 g/mol. The van der Waals surface area contributed by atoms with Crippen LogP contribution in [0.4, 0.5) is 23.0 Å². The topological polar surface area (TPSA) is 116 Å². The van der Waals surface area contributed by atoms with Crippen LogP contribution >= 0.6 is 0 Å². The molecule has 0 radical (unpaired) electrons. The zero-order chi connectivity index (χ0) is 29.4. The maximum atomic E-state index is 12.3. The van der Waals surface area contributed by atoms with Crippen molar-refractivity contribution in [3.63, 3.8) is 0 Å². The van der Waals surface area contributed by atoms with E-state index in [1.54, 1.807) is 30.9 Å². The molecule has 11 nitrogen and oxygen atoms in total. The van der Waals surface area contributed by atoms with Gasteiger partial charge in [0, 0.05) is 56.6 Å². The SMILES string of the molecule is COc1cc(N2CCC(N3CCC(O)C3)CC2)ccc1Nc1ncc2ccc(-c3ccccc3N(C)S(C)(=O)=O)n2n1. The summed E-state index contributed by atoms with van der Waals surface area (Å²) in [5.41, 5.74) is 4.67. The van der Waals surface area contributed by atoms with E-state index >= 15 is 0 Å². The predicted octanol–water partition coefficient (Wildman–Crippen LogP) is 3.58. The lowest BCUT2D eigenvalue weighted by atomic mass is 10.0. The van der Waals surface area contributed by atoms with Crippen molar-refractivity contribution in [2.24, 2.45) is 0 Å². The number of piperidine rings is 1. The number of para-hydroxylation sites is 1. The van der Waals surface area contributed by atoms with E-state index in [1.807, 2.05) is 42.5 Å². The summed E-state index contributed by atoms with van der Waals surface area (Å²) in [4.78, 5) is 9.33. The van der Waals surface area contributed by atoms with E-state index in [0.29, 0.717) is 23.4 Å². The molecule has 2 fully saturated rings. The van der Waals surface area contributed by atoms with E-state index < -0.39 is 10.0 Å². The summed E-state index contributed by atoms with van der Waals surface area (Å²) in [6.45, 7) is 3.70. The normalized spacial score (nSPS) is 18.5. The molecule has 1 unspecified atom stereocenters. The predicted molar refractivity (Wildman–Crippen MR) is 165 cm³/mol. The molecule has 0 saturated carbocycles. The second kappa shape index (κ2) is 11.4. The molecule has 4 heterocycles. The quantitative estimate of drug-likeness (QED) is 0.317. The Morgan fingerprint density at radius 2 is 1.83 bits per heavy atom. The molecule has 2 N–H and O–H groups in total. The molecule has 222 valence electrons. The zero-order valence-electron chi connectivity index (χ0n) is 24.1. The maximum absolute atomic E-state index is 12.3. The number of nitrogens with one attached hydrogen (secondary N) is 1. The number of β-amino-alcohol motifs (C(OH)–C–C–N with tert-alkyl or cyclic N) is 1. The zero-order valence-corrected chi connectivity index (χ0v) is 25.0. The van der Waals surface area contributed by atoms with Gasteiger partial charge in [0.2, 0.25) is 16.0 Å². The highest BCUT2D eigenvalue weighted by molar-refractivity contribution is 7.92. The van der Waals surface area contributed by atoms with Gasteiger partial charge in [-0.05, 0) is 49.6 Å². The lowest BCUT2D eigenvalue weighted by Crippen LogP contribution is -2.44. The largest absolute Gasteiger partial charge is 0.494 e. The number of hydrogen-bond acceptors (Lipinski definition) is 9. The molecule has 0 aliphatic carbocycles. The molecular formula is C30H37N7O4S. The molecule has 0 spiro atoms. The van der Waals surface area contributed by atoms with Crippen LogP contribution in [0, 0.1) is 0 Å². The summed E-state index contributed by atoms with van der Waals surface area (Å²) in [7, 11) is -0.254. The molecule has 6 rings (SSSR count). The Kier molecular flexibility index (Phi) is 7.69. The van der Waals surface area contributed by atoms with E-state index in [9.17, 15) is 13.5 Å². The van der Waals surface area contributed by atoms with Gasteiger partial charge in [0.05, 0.1) is 48.3 Å². The molecule has 0 bridgehead atoms. The number of ether oxygens (including phenoxy) is 1. The third-order valence-corrected chi connectivity index (χ3v) is 9.58. The fourth-order valence-corrected chi connectivity index (χ4v) is 6.51. The number of rotatable bonds is 8. The summed E-state index contributed by atoms with van der Waals surface area (Å²) in [5.74, 6) is 1.07. The Morgan fingerprint density at radius 1 is 1.05 bits per heavy atom. The first kappa shape index (κ1) is 28.3. The third-order valence-electron chi connectivity index (χ3n) is 8.39. The second-order valence-electron chi connectivity index (χ2n) is 11.0. The molecule has 2 aromatic carbocycles. The molecule has 2 aromatic heterocycles. The molecule has 1 atom stereocenters. The highest BCUT2D eigenvalue weighted by Crippen LogP contribution is 2.35. The fourth-order valence-electron chi connectivity index (χ4n) is 6.00. The van der Waals surface area contributed by atoms with Gasteiger partial charge in [-0.1, -0.05) is 18.2 Å². The lowest BCUT2D eigenvalue weighted by molar-refractivity contribution is 0.148. The molecular weight excluding hydrogens is 554 g/mol. The minimum atomic E-state index is -3.45. The van der Waals surface area contributed by atoms with E-state index in [1.165, 1.54) is 10.6 Å². The monoisotopic (exact) mass is 591 g/mol. The average Bonchev–Trinajstić information content (AvgIpc) is 3.62. The van der Waals surface area contributed by atoms with Gasteiger partial charge in [-0.15, -0.1) is 5.10 Å². The van der Waals surface area contributed by atoms with Crippen molar-refractivity contribution in [1.82, 2.24) is 19.5 Å². The highest BCUT2D eigenvalue weighted by atomic mass is 32.2. The van der Waals surface area contributed by atoms with E-state index in [4.69, 9.17) is 9.84 Å². The maximum Gasteiger partial charge on any atom is 0.245 e.